The molecule has 1 aliphatic heterocycles. The van der Waals surface area contributed by atoms with Crippen molar-refractivity contribution in [1.29, 1.82) is 0 Å². The Bertz CT molecular complexity index is 375. The Kier molecular flexibility index (Phi) is 4.46. The van der Waals surface area contributed by atoms with Crippen LogP contribution in [0.5, 0.6) is 0 Å². The third kappa shape index (κ3) is 3.57. The largest absolute Gasteiger partial charge is 0.481 e. The summed E-state index contributed by atoms with van der Waals surface area (Å²) in [4.78, 5) is 24.0. The van der Waals surface area contributed by atoms with Crippen LogP contribution in [0.25, 0.3) is 0 Å². The number of rotatable bonds is 5. The molecule has 1 saturated heterocycles. The second-order valence-electron chi connectivity index (χ2n) is 6.73. The molecule has 2 atom stereocenters. The first-order valence-corrected chi connectivity index (χ1v) is 9.57. The van der Waals surface area contributed by atoms with Crippen LogP contribution in [0.4, 0.5) is 0 Å². The zero-order valence-corrected chi connectivity index (χ0v) is 13.7. The number of β-lactam (4-membered cyclic amide) rings is 1. The fourth-order valence-corrected chi connectivity index (χ4v) is 3.35. The molecule has 1 amide bonds. The summed E-state index contributed by atoms with van der Waals surface area (Å²) in [5.74, 6) is -0.889. The van der Waals surface area contributed by atoms with Gasteiger partial charge in [-0.25, -0.2) is 0 Å². The number of hydrogen-bond acceptors (Lipinski definition) is 3. The predicted molar refractivity (Wildman–Crippen MR) is 75.2 cm³/mol. The van der Waals surface area contributed by atoms with Gasteiger partial charge in [0.05, 0.1) is 12.5 Å². The lowest BCUT2D eigenvalue weighted by Crippen LogP contribution is -2.60. The average Bonchev–Trinajstić information content (AvgIpc) is 2.12. The van der Waals surface area contributed by atoms with E-state index in [1.807, 2.05) is 6.92 Å². The summed E-state index contributed by atoms with van der Waals surface area (Å²) in [5.41, 5.74) is 0. The maximum absolute atomic E-state index is 11.7. The molecule has 0 spiro atoms. The summed E-state index contributed by atoms with van der Waals surface area (Å²) < 4.78 is 6.14. The van der Waals surface area contributed by atoms with Gasteiger partial charge in [0.25, 0.3) is 0 Å². The minimum absolute atomic E-state index is 0.00303. The van der Waals surface area contributed by atoms with Crippen LogP contribution in [0.15, 0.2) is 0 Å². The minimum Gasteiger partial charge on any atom is -0.481 e. The molecule has 1 N–H and O–H groups in total. The molecule has 1 heterocycles. The summed E-state index contributed by atoms with van der Waals surface area (Å²) >= 11 is 0. The standard InChI is InChI=1S/C13H25NO4Si/c1-9(18-19(5,6)13(2,3)4)14-10(7-11(14)15)8-12(16)17/h9-10H,7-8H2,1-6H3,(H,16,17)/t9-,10+/m1/s1. The lowest BCUT2D eigenvalue weighted by atomic mass is 9.98. The van der Waals surface area contributed by atoms with Crippen LogP contribution in [-0.4, -0.2) is 42.5 Å². The Balaban J connectivity index is 2.69. The van der Waals surface area contributed by atoms with E-state index >= 15 is 0 Å². The Morgan fingerprint density at radius 2 is 2.05 bits per heavy atom. The number of carboxylic acid groups (broad SMARTS) is 1. The van der Waals surface area contributed by atoms with Crippen LogP contribution in [0.3, 0.4) is 0 Å². The molecule has 6 heteroatoms. The minimum atomic E-state index is -1.95. The van der Waals surface area contributed by atoms with E-state index in [4.69, 9.17) is 9.53 Å². The van der Waals surface area contributed by atoms with E-state index in [1.165, 1.54) is 0 Å². The van der Waals surface area contributed by atoms with Crippen LogP contribution >= 0.6 is 0 Å². The van der Waals surface area contributed by atoms with Crippen molar-refractivity contribution < 1.29 is 19.1 Å². The van der Waals surface area contributed by atoms with Gasteiger partial charge in [-0.05, 0) is 25.1 Å². The number of hydrogen-bond donors (Lipinski definition) is 1. The Hall–Kier alpha value is -0.883. The molecule has 0 aromatic rings. The van der Waals surface area contributed by atoms with Crippen LogP contribution in [0.2, 0.25) is 18.1 Å². The number of aliphatic carboxylic acids is 1. The highest BCUT2D eigenvalue weighted by atomic mass is 28.4. The number of likely N-dealkylation sites (tertiary alicyclic amines) is 1. The van der Waals surface area contributed by atoms with Crippen molar-refractivity contribution in [3.63, 3.8) is 0 Å². The summed E-state index contributed by atoms with van der Waals surface area (Å²) in [6.45, 7) is 12.5. The average molecular weight is 287 g/mol. The first-order chi connectivity index (χ1) is 8.45. The smallest absolute Gasteiger partial charge is 0.305 e. The van der Waals surface area contributed by atoms with Gasteiger partial charge in [0.15, 0.2) is 8.32 Å². The molecule has 0 saturated carbocycles. The fraction of sp³-hybridized carbons (Fsp3) is 0.846. The number of carboxylic acids is 1. The molecule has 0 aliphatic carbocycles. The van der Waals surface area contributed by atoms with E-state index in [0.29, 0.717) is 6.42 Å². The van der Waals surface area contributed by atoms with Gasteiger partial charge in [-0.1, -0.05) is 20.8 Å². The van der Waals surface area contributed by atoms with Gasteiger partial charge in [-0.3, -0.25) is 9.59 Å². The monoisotopic (exact) mass is 287 g/mol. The first kappa shape index (κ1) is 16.2. The highest BCUT2D eigenvalue weighted by molar-refractivity contribution is 6.74. The predicted octanol–water partition coefficient (Wildman–Crippen LogP) is 2.43. The number of nitrogens with zero attached hydrogens (tertiary/aromatic N) is 1. The molecule has 0 aromatic heterocycles. The van der Waals surface area contributed by atoms with Gasteiger partial charge < -0.3 is 14.4 Å². The first-order valence-electron chi connectivity index (χ1n) is 6.66. The topological polar surface area (TPSA) is 66.8 Å². The molecular formula is C13H25NO4Si. The Labute approximate surface area is 116 Å². The zero-order chi connectivity index (χ0) is 15.0. The van der Waals surface area contributed by atoms with E-state index < -0.39 is 14.3 Å². The van der Waals surface area contributed by atoms with E-state index in [9.17, 15) is 9.59 Å². The van der Waals surface area contributed by atoms with Crippen LogP contribution in [0.1, 0.15) is 40.5 Å². The quantitative estimate of drug-likeness (QED) is 0.623. The van der Waals surface area contributed by atoms with Gasteiger partial charge in [-0.2, -0.15) is 0 Å². The molecule has 0 bridgehead atoms. The highest BCUT2D eigenvalue weighted by Gasteiger charge is 2.45. The maximum atomic E-state index is 11.7. The molecule has 1 fully saturated rings. The van der Waals surface area contributed by atoms with Gasteiger partial charge in [0, 0.05) is 6.42 Å². The molecule has 1 aliphatic rings. The summed E-state index contributed by atoms with van der Waals surface area (Å²) in [6.07, 6.45) is -0.0273. The van der Waals surface area contributed by atoms with Crippen molar-refractivity contribution in [2.75, 3.05) is 0 Å². The van der Waals surface area contributed by atoms with Crippen molar-refractivity contribution in [1.82, 2.24) is 4.90 Å². The second-order valence-corrected chi connectivity index (χ2v) is 11.5. The number of carbonyl (C=O) groups is 2. The Morgan fingerprint density at radius 3 is 2.42 bits per heavy atom. The molecule has 0 unspecified atom stereocenters. The van der Waals surface area contributed by atoms with E-state index in [0.717, 1.165) is 0 Å². The van der Waals surface area contributed by atoms with Gasteiger partial charge in [0.1, 0.15) is 6.23 Å². The zero-order valence-electron chi connectivity index (χ0n) is 12.7. The van der Waals surface area contributed by atoms with Crippen molar-refractivity contribution in [3.05, 3.63) is 0 Å². The number of amides is 1. The Morgan fingerprint density at radius 1 is 1.53 bits per heavy atom. The van der Waals surface area contributed by atoms with Gasteiger partial charge >= 0.3 is 5.97 Å². The van der Waals surface area contributed by atoms with E-state index in [1.54, 1.807) is 4.90 Å². The summed E-state index contributed by atoms with van der Waals surface area (Å²) in [5, 5.41) is 8.89. The SMILES string of the molecule is C[C@@H](O[Si](C)(C)C(C)(C)C)N1C(=O)C[C@H]1CC(=O)O. The molecular weight excluding hydrogens is 262 g/mol. The van der Waals surface area contributed by atoms with Crippen LogP contribution in [0, 0.1) is 0 Å². The van der Waals surface area contributed by atoms with Gasteiger partial charge in [-0.15, -0.1) is 0 Å². The molecule has 5 nitrogen and oxygen atoms in total. The molecule has 0 aromatic carbocycles. The third-order valence-corrected chi connectivity index (χ3v) is 8.71. The lowest BCUT2D eigenvalue weighted by Gasteiger charge is -2.47. The fourth-order valence-electron chi connectivity index (χ4n) is 2.03. The summed E-state index contributed by atoms with van der Waals surface area (Å²) in [7, 11) is -1.95. The van der Waals surface area contributed by atoms with E-state index in [-0.39, 0.29) is 29.6 Å². The van der Waals surface area contributed by atoms with Crippen LogP contribution < -0.4 is 0 Å². The maximum Gasteiger partial charge on any atom is 0.305 e. The number of carbonyl (C=O) groups excluding carboxylic acids is 1. The summed E-state index contributed by atoms with van der Waals surface area (Å²) in [6, 6.07) is -0.218. The van der Waals surface area contributed by atoms with E-state index in [2.05, 4.69) is 33.9 Å². The lowest BCUT2D eigenvalue weighted by molar-refractivity contribution is -0.162. The van der Waals surface area contributed by atoms with Crippen molar-refractivity contribution in [2.45, 2.75) is 70.9 Å². The normalized spacial score (nSPS) is 22.1. The van der Waals surface area contributed by atoms with Gasteiger partial charge in [0.2, 0.25) is 5.91 Å². The van der Waals surface area contributed by atoms with Crippen molar-refractivity contribution in [2.24, 2.45) is 0 Å². The third-order valence-electron chi connectivity index (χ3n) is 4.16. The van der Waals surface area contributed by atoms with Crippen LogP contribution in [-0.2, 0) is 14.0 Å². The molecule has 1 rings (SSSR count). The van der Waals surface area contributed by atoms with Crippen molar-refractivity contribution >= 4 is 20.2 Å². The molecule has 110 valence electrons. The highest BCUT2D eigenvalue weighted by Crippen LogP contribution is 2.38. The molecule has 0 radical (unpaired) electrons. The second kappa shape index (κ2) is 5.24. The van der Waals surface area contributed by atoms with Crippen molar-refractivity contribution in [3.8, 4) is 0 Å². The molecule has 19 heavy (non-hydrogen) atoms.